The van der Waals surface area contributed by atoms with Gasteiger partial charge in [0.25, 0.3) is 0 Å². The van der Waals surface area contributed by atoms with Crippen molar-refractivity contribution in [1.82, 2.24) is 15.5 Å². The molecule has 2 atom stereocenters. The Hall–Kier alpha value is -1.14. The van der Waals surface area contributed by atoms with Gasteiger partial charge in [-0.05, 0) is 19.3 Å². The Morgan fingerprint density at radius 2 is 1.86 bits per heavy atom. The minimum atomic E-state index is -0.483. The van der Waals surface area contributed by atoms with E-state index in [9.17, 15) is 9.59 Å². The van der Waals surface area contributed by atoms with Crippen molar-refractivity contribution in [1.29, 1.82) is 0 Å². The van der Waals surface area contributed by atoms with Crippen LogP contribution in [-0.4, -0.2) is 61.1 Å². The number of amides is 2. The molecule has 0 unspecified atom stereocenters. The first kappa shape index (κ1) is 18.9. The summed E-state index contributed by atoms with van der Waals surface area (Å²) in [6, 6.07) is -0.483. The Morgan fingerprint density at radius 1 is 1.27 bits per heavy atom. The molecule has 1 fully saturated rings. The molecular formula is C16H31N3O3. The molecule has 0 aliphatic carbocycles. The second-order valence-electron chi connectivity index (χ2n) is 6.59. The van der Waals surface area contributed by atoms with Crippen LogP contribution in [0.5, 0.6) is 0 Å². The van der Waals surface area contributed by atoms with Gasteiger partial charge in [-0.25, -0.2) is 0 Å². The fraction of sp³-hybridized carbons (Fsp3) is 0.875. The molecule has 1 heterocycles. The minimum Gasteiger partial charge on any atom is -0.379 e. The van der Waals surface area contributed by atoms with Crippen LogP contribution in [0.2, 0.25) is 0 Å². The Kier molecular flexibility index (Phi) is 7.29. The molecule has 1 rings (SSSR count). The van der Waals surface area contributed by atoms with Gasteiger partial charge in [0.1, 0.15) is 6.04 Å². The molecule has 0 aromatic carbocycles. The SMILES string of the molecule is CC[C@@](C)(CNC(=O)[C@H](NC(C)=O)C(C)C)N1CCOCC1. The van der Waals surface area contributed by atoms with Gasteiger partial charge in [0.05, 0.1) is 13.2 Å². The third-order valence-corrected chi connectivity index (χ3v) is 4.49. The lowest BCUT2D eigenvalue weighted by atomic mass is 9.95. The third kappa shape index (κ3) is 5.25. The highest BCUT2D eigenvalue weighted by Crippen LogP contribution is 2.20. The van der Waals surface area contributed by atoms with E-state index >= 15 is 0 Å². The molecule has 0 saturated carbocycles. The molecule has 6 heteroatoms. The fourth-order valence-electron chi connectivity index (χ4n) is 2.71. The van der Waals surface area contributed by atoms with Gasteiger partial charge in [-0.1, -0.05) is 20.8 Å². The first-order valence-electron chi connectivity index (χ1n) is 8.17. The fourth-order valence-corrected chi connectivity index (χ4v) is 2.71. The summed E-state index contributed by atoms with van der Waals surface area (Å²) in [7, 11) is 0. The van der Waals surface area contributed by atoms with Gasteiger partial charge in [0.15, 0.2) is 0 Å². The quantitative estimate of drug-likeness (QED) is 0.728. The van der Waals surface area contributed by atoms with E-state index in [1.165, 1.54) is 6.92 Å². The lowest BCUT2D eigenvalue weighted by Crippen LogP contribution is -2.59. The largest absolute Gasteiger partial charge is 0.379 e. The van der Waals surface area contributed by atoms with Crippen molar-refractivity contribution in [2.24, 2.45) is 5.92 Å². The molecule has 6 nitrogen and oxygen atoms in total. The topological polar surface area (TPSA) is 70.7 Å². The molecular weight excluding hydrogens is 282 g/mol. The van der Waals surface area contributed by atoms with E-state index in [2.05, 4.69) is 29.4 Å². The molecule has 128 valence electrons. The van der Waals surface area contributed by atoms with Crippen molar-refractivity contribution in [2.75, 3.05) is 32.8 Å². The van der Waals surface area contributed by atoms with Crippen molar-refractivity contribution < 1.29 is 14.3 Å². The van der Waals surface area contributed by atoms with Crippen LogP contribution < -0.4 is 10.6 Å². The number of carbonyl (C=O) groups is 2. The summed E-state index contributed by atoms with van der Waals surface area (Å²) in [6.07, 6.45) is 0.944. The first-order chi connectivity index (χ1) is 10.3. The van der Waals surface area contributed by atoms with Gasteiger partial charge in [-0.15, -0.1) is 0 Å². The van der Waals surface area contributed by atoms with E-state index in [4.69, 9.17) is 4.74 Å². The van der Waals surface area contributed by atoms with Crippen molar-refractivity contribution in [3.05, 3.63) is 0 Å². The molecule has 1 saturated heterocycles. The van der Waals surface area contributed by atoms with Crippen LogP contribution in [0.15, 0.2) is 0 Å². The van der Waals surface area contributed by atoms with Gasteiger partial charge >= 0.3 is 0 Å². The molecule has 0 spiro atoms. The number of hydrogen-bond acceptors (Lipinski definition) is 4. The summed E-state index contributed by atoms with van der Waals surface area (Å²) in [5.41, 5.74) is -0.0861. The van der Waals surface area contributed by atoms with Gasteiger partial charge < -0.3 is 15.4 Å². The van der Waals surface area contributed by atoms with Crippen molar-refractivity contribution in [2.45, 2.75) is 52.6 Å². The summed E-state index contributed by atoms with van der Waals surface area (Å²) in [5, 5.41) is 5.75. The normalized spacial score (nSPS) is 20.3. The molecule has 0 radical (unpaired) electrons. The van der Waals surface area contributed by atoms with Crippen LogP contribution in [-0.2, 0) is 14.3 Å². The Morgan fingerprint density at radius 3 is 2.32 bits per heavy atom. The van der Waals surface area contributed by atoms with Crippen LogP contribution in [0.1, 0.15) is 41.0 Å². The van der Waals surface area contributed by atoms with Crippen LogP contribution in [0, 0.1) is 5.92 Å². The third-order valence-electron chi connectivity index (χ3n) is 4.49. The highest BCUT2D eigenvalue weighted by atomic mass is 16.5. The van der Waals surface area contributed by atoms with Crippen molar-refractivity contribution in [3.63, 3.8) is 0 Å². The van der Waals surface area contributed by atoms with Gasteiger partial charge in [-0.3, -0.25) is 14.5 Å². The molecule has 1 aliphatic heterocycles. The number of ether oxygens (including phenoxy) is 1. The summed E-state index contributed by atoms with van der Waals surface area (Å²) in [5.74, 6) is -0.237. The van der Waals surface area contributed by atoms with E-state index < -0.39 is 6.04 Å². The zero-order chi connectivity index (χ0) is 16.8. The first-order valence-corrected chi connectivity index (χ1v) is 8.17. The predicted molar refractivity (Wildman–Crippen MR) is 86.5 cm³/mol. The predicted octanol–water partition coefficient (Wildman–Crippen LogP) is 0.764. The van der Waals surface area contributed by atoms with Gasteiger partial charge in [0.2, 0.25) is 11.8 Å². The van der Waals surface area contributed by atoms with E-state index in [1.54, 1.807) is 0 Å². The van der Waals surface area contributed by atoms with E-state index in [1.807, 2.05) is 13.8 Å². The number of nitrogens with zero attached hydrogens (tertiary/aromatic N) is 1. The number of hydrogen-bond donors (Lipinski definition) is 2. The lowest BCUT2D eigenvalue weighted by molar-refractivity contribution is -0.129. The van der Waals surface area contributed by atoms with Crippen LogP contribution in [0.25, 0.3) is 0 Å². The molecule has 0 aromatic heterocycles. The number of nitrogens with one attached hydrogen (secondary N) is 2. The molecule has 2 amide bonds. The van der Waals surface area contributed by atoms with Gasteiger partial charge in [0, 0.05) is 32.1 Å². The number of rotatable bonds is 7. The maximum atomic E-state index is 12.4. The Balaban J connectivity index is 2.63. The molecule has 0 aromatic rings. The lowest BCUT2D eigenvalue weighted by Gasteiger charge is -2.43. The average molecular weight is 313 g/mol. The molecule has 22 heavy (non-hydrogen) atoms. The highest BCUT2D eigenvalue weighted by Gasteiger charge is 2.33. The maximum absolute atomic E-state index is 12.4. The standard InChI is InChI=1S/C16H31N3O3/c1-6-16(5,19-7-9-22-10-8-19)11-17-15(21)14(12(2)3)18-13(4)20/h12,14H,6-11H2,1-5H3,(H,17,21)(H,18,20)/t14-,16+/m1/s1. The Labute approximate surface area is 134 Å². The zero-order valence-electron chi connectivity index (χ0n) is 14.6. The second kappa shape index (κ2) is 8.48. The molecule has 1 aliphatic rings. The van der Waals surface area contributed by atoms with Crippen LogP contribution in [0.3, 0.4) is 0 Å². The van der Waals surface area contributed by atoms with Crippen molar-refractivity contribution >= 4 is 11.8 Å². The monoisotopic (exact) mass is 313 g/mol. The van der Waals surface area contributed by atoms with Crippen LogP contribution >= 0.6 is 0 Å². The highest BCUT2D eigenvalue weighted by molar-refractivity contribution is 5.87. The summed E-state index contributed by atoms with van der Waals surface area (Å²) in [4.78, 5) is 26.0. The zero-order valence-corrected chi connectivity index (χ0v) is 14.6. The maximum Gasteiger partial charge on any atom is 0.242 e. The van der Waals surface area contributed by atoms with Crippen LogP contribution in [0.4, 0.5) is 0 Å². The average Bonchev–Trinajstić information content (AvgIpc) is 2.50. The number of morpholine rings is 1. The summed E-state index contributed by atoms with van der Waals surface area (Å²) in [6.45, 7) is 13.4. The minimum absolute atomic E-state index is 0.0557. The van der Waals surface area contributed by atoms with E-state index in [-0.39, 0.29) is 23.3 Å². The summed E-state index contributed by atoms with van der Waals surface area (Å²) >= 11 is 0. The van der Waals surface area contributed by atoms with E-state index in [0.717, 1.165) is 32.7 Å². The Bertz CT molecular complexity index is 381. The van der Waals surface area contributed by atoms with E-state index in [0.29, 0.717) is 6.54 Å². The smallest absolute Gasteiger partial charge is 0.242 e. The van der Waals surface area contributed by atoms with Crippen molar-refractivity contribution in [3.8, 4) is 0 Å². The molecule has 2 N–H and O–H groups in total. The summed E-state index contributed by atoms with van der Waals surface area (Å²) < 4.78 is 5.40. The van der Waals surface area contributed by atoms with Gasteiger partial charge in [-0.2, -0.15) is 0 Å². The second-order valence-corrected chi connectivity index (χ2v) is 6.59. The number of carbonyl (C=O) groups excluding carboxylic acids is 2. The molecule has 0 bridgehead atoms.